The Balaban J connectivity index is 1.39. The summed E-state index contributed by atoms with van der Waals surface area (Å²) in [6.07, 6.45) is -3.07. The van der Waals surface area contributed by atoms with Gasteiger partial charge in [-0.15, -0.1) is 0 Å². The first-order chi connectivity index (χ1) is 21.0. The molecular weight excluding hydrogens is 580 g/mol. The van der Waals surface area contributed by atoms with Crippen molar-refractivity contribution in [3.8, 4) is 22.9 Å². The van der Waals surface area contributed by atoms with Crippen LogP contribution in [0.5, 0.6) is 11.8 Å². The lowest BCUT2D eigenvalue weighted by atomic mass is 9.96. The third-order valence-corrected chi connectivity index (χ3v) is 8.45. The molecule has 8 nitrogen and oxygen atoms in total. The molecule has 0 saturated carbocycles. The number of carbonyl (C=O) groups excluding carboxylic acids is 1. The predicted octanol–water partition coefficient (Wildman–Crippen LogP) is 5.99. The SMILES string of the molecule is CC(C)C(COC(=O)C(F)(F)F)COc1nc(N2C[C@H]3CC[C@@H](C2)N3)c2ccc(-c3cc(O)cc4ccccc34)c(F)c2n1. The molecule has 3 aromatic carbocycles. The minimum Gasteiger partial charge on any atom is -0.508 e. The number of alkyl halides is 3. The molecule has 2 bridgehead atoms. The normalized spacial score (nSPS) is 19.1. The zero-order valence-electron chi connectivity index (χ0n) is 24.2. The maximum Gasteiger partial charge on any atom is 0.490 e. The monoisotopic (exact) mass is 612 g/mol. The number of piperazine rings is 1. The molecule has 6 rings (SSSR count). The number of aromatic hydroxyl groups is 1. The molecule has 4 aromatic rings. The van der Waals surface area contributed by atoms with Crippen molar-refractivity contribution < 1.29 is 36.9 Å². The summed E-state index contributed by atoms with van der Waals surface area (Å²) in [5.74, 6) is -3.21. The first-order valence-electron chi connectivity index (χ1n) is 14.6. The van der Waals surface area contributed by atoms with Crippen LogP contribution in [0.3, 0.4) is 0 Å². The van der Waals surface area contributed by atoms with Gasteiger partial charge in [-0.2, -0.15) is 23.1 Å². The molecule has 0 spiro atoms. The van der Waals surface area contributed by atoms with Crippen LogP contribution >= 0.6 is 0 Å². The summed E-state index contributed by atoms with van der Waals surface area (Å²) in [6, 6.07) is 14.3. The first kappa shape index (κ1) is 29.9. The minimum atomic E-state index is -5.10. The van der Waals surface area contributed by atoms with Crippen LogP contribution in [0.15, 0.2) is 48.5 Å². The van der Waals surface area contributed by atoms with Crippen LogP contribution in [-0.2, 0) is 9.53 Å². The number of carbonyl (C=O) groups is 1. The lowest BCUT2D eigenvalue weighted by Crippen LogP contribution is -2.51. The van der Waals surface area contributed by atoms with Crippen LogP contribution in [0.4, 0.5) is 23.4 Å². The van der Waals surface area contributed by atoms with Crippen molar-refractivity contribution in [2.45, 2.75) is 44.9 Å². The highest BCUT2D eigenvalue weighted by molar-refractivity contribution is 6.01. The number of benzene rings is 3. The molecular formula is C32H32F4N4O4. The average molecular weight is 613 g/mol. The maximum absolute atomic E-state index is 16.5. The molecule has 0 aliphatic carbocycles. The Bertz CT molecular complexity index is 1700. The molecule has 2 saturated heterocycles. The van der Waals surface area contributed by atoms with Gasteiger partial charge in [-0.25, -0.2) is 9.18 Å². The van der Waals surface area contributed by atoms with Crippen LogP contribution < -0.4 is 15.0 Å². The van der Waals surface area contributed by atoms with E-state index >= 15 is 4.39 Å². The number of fused-ring (bicyclic) bond motifs is 4. The number of rotatable bonds is 8. The van der Waals surface area contributed by atoms with Crippen LogP contribution in [0, 0.1) is 17.7 Å². The van der Waals surface area contributed by atoms with Crippen molar-refractivity contribution in [1.29, 1.82) is 0 Å². The lowest BCUT2D eigenvalue weighted by molar-refractivity contribution is -0.201. The average Bonchev–Trinajstić information content (AvgIpc) is 3.32. The Kier molecular flexibility index (Phi) is 7.95. The molecule has 44 heavy (non-hydrogen) atoms. The highest BCUT2D eigenvalue weighted by Crippen LogP contribution is 2.39. The highest BCUT2D eigenvalue weighted by Gasteiger charge is 2.41. The van der Waals surface area contributed by atoms with Gasteiger partial charge in [0.1, 0.15) is 17.1 Å². The van der Waals surface area contributed by atoms with Gasteiger partial charge in [0, 0.05) is 42.0 Å². The fourth-order valence-corrected chi connectivity index (χ4v) is 6.01. The van der Waals surface area contributed by atoms with Gasteiger partial charge >= 0.3 is 18.2 Å². The van der Waals surface area contributed by atoms with E-state index in [-0.39, 0.29) is 47.4 Å². The Morgan fingerprint density at radius 1 is 1.02 bits per heavy atom. The van der Waals surface area contributed by atoms with Gasteiger partial charge in [0.15, 0.2) is 5.82 Å². The van der Waals surface area contributed by atoms with Crippen LogP contribution in [0.2, 0.25) is 0 Å². The quantitative estimate of drug-likeness (QED) is 0.185. The highest BCUT2D eigenvalue weighted by atomic mass is 19.4. The minimum absolute atomic E-state index is 0.00663. The van der Waals surface area contributed by atoms with E-state index in [1.807, 2.05) is 24.3 Å². The fraction of sp³-hybridized carbons (Fsp3) is 0.406. The van der Waals surface area contributed by atoms with Crippen LogP contribution in [0.1, 0.15) is 26.7 Å². The molecule has 3 atom stereocenters. The van der Waals surface area contributed by atoms with Gasteiger partial charge in [0.25, 0.3) is 0 Å². The number of esters is 1. The summed E-state index contributed by atoms with van der Waals surface area (Å²) in [7, 11) is 0. The van der Waals surface area contributed by atoms with Crippen molar-refractivity contribution in [2.24, 2.45) is 11.8 Å². The molecule has 0 radical (unpaired) electrons. The largest absolute Gasteiger partial charge is 0.508 e. The van der Waals surface area contributed by atoms with Crippen LogP contribution in [-0.4, -0.2) is 65.6 Å². The van der Waals surface area contributed by atoms with Crippen LogP contribution in [0.25, 0.3) is 32.8 Å². The summed E-state index contributed by atoms with van der Waals surface area (Å²) in [6.45, 7) is 4.18. The van der Waals surface area contributed by atoms with E-state index in [1.165, 1.54) is 6.07 Å². The second-order valence-corrected chi connectivity index (χ2v) is 11.8. The fourth-order valence-electron chi connectivity index (χ4n) is 6.01. The number of hydrogen-bond donors (Lipinski definition) is 2. The maximum atomic E-state index is 16.5. The van der Waals surface area contributed by atoms with E-state index in [0.717, 1.165) is 23.6 Å². The molecule has 2 aliphatic heterocycles. The number of nitrogens with zero attached hydrogens (tertiary/aromatic N) is 3. The van der Waals surface area contributed by atoms with Gasteiger partial charge in [0.2, 0.25) is 0 Å². The Hall–Kier alpha value is -4.19. The Morgan fingerprint density at radius 2 is 1.75 bits per heavy atom. The van der Waals surface area contributed by atoms with E-state index in [2.05, 4.69) is 24.9 Å². The van der Waals surface area contributed by atoms with Gasteiger partial charge in [-0.05, 0) is 53.3 Å². The van der Waals surface area contributed by atoms with Crippen molar-refractivity contribution in [3.63, 3.8) is 0 Å². The number of phenolic OH excluding ortho intramolecular Hbond substituents is 1. The van der Waals surface area contributed by atoms with E-state index in [1.54, 1.807) is 32.0 Å². The molecule has 1 unspecified atom stereocenters. The van der Waals surface area contributed by atoms with Gasteiger partial charge in [-0.1, -0.05) is 44.2 Å². The predicted molar refractivity (Wildman–Crippen MR) is 157 cm³/mol. The number of hydrogen-bond acceptors (Lipinski definition) is 8. The standard InChI is InChI=1S/C32H32F4N4O4/c1-17(2)19(15-43-30(42)32(34,35)36)16-44-31-38-28-25(29(39-31)40-13-20-7-8-21(14-40)37-20)10-9-24(27(28)33)26-12-22(41)11-18-5-3-4-6-23(18)26/h3-6,9-12,17,19-21,37,41H,7-8,13-16H2,1-2H3/t19?,20-,21+. The van der Waals surface area contributed by atoms with E-state index in [0.29, 0.717) is 29.9 Å². The number of anilines is 1. The Morgan fingerprint density at radius 3 is 2.45 bits per heavy atom. The molecule has 2 aliphatic rings. The van der Waals surface area contributed by atoms with E-state index in [4.69, 9.17) is 4.74 Å². The molecule has 0 amide bonds. The number of aromatic nitrogens is 2. The second kappa shape index (κ2) is 11.7. The molecule has 12 heteroatoms. The summed E-state index contributed by atoms with van der Waals surface area (Å²) < 4.78 is 65.0. The molecule has 2 fully saturated rings. The van der Waals surface area contributed by atoms with Gasteiger partial charge in [-0.3, -0.25) is 0 Å². The van der Waals surface area contributed by atoms with Gasteiger partial charge in [0.05, 0.1) is 13.2 Å². The summed E-state index contributed by atoms with van der Waals surface area (Å²) >= 11 is 0. The molecule has 232 valence electrons. The van der Waals surface area contributed by atoms with Crippen molar-refractivity contribution in [3.05, 3.63) is 54.3 Å². The number of nitrogens with one attached hydrogen (secondary N) is 1. The molecule has 2 N–H and O–H groups in total. The summed E-state index contributed by atoms with van der Waals surface area (Å²) in [5.41, 5.74) is 0.749. The lowest BCUT2D eigenvalue weighted by Gasteiger charge is -2.34. The van der Waals surface area contributed by atoms with Gasteiger partial charge < -0.3 is 24.8 Å². The number of phenols is 1. The topological polar surface area (TPSA) is 96.8 Å². The molecule has 1 aromatic heterocycles. The van der Waals surface area contributed by atoms with E-state index in [9.17, 15) is 23.1 Å². The van der Waals surface area contributed by atoms with Crippen molar-refractivity contribution in [1.82, 2.24) is 15.3 Å². The Labute approximate surface area is 251 Å². The second-order valence-electron chi connectivity index (χ2n) is 11.8. The van der Waals surface area contributed by atoms with E-state index < -0.39 is 30.5 Å². The summed E-state index contributed by atoms with van der Waals surface area (Å²) in [5, 5.41) is 16.0. The summed E-state index contributed by atoms with van der Waals surface area (Å²) in [4.78, 5) is 22.5. The van der Waals surface area contributed by atoms with Crippen molar-refractivity contribution >= 4 is 33.5 Å². The first-order valence-corrected chi connectivity index (χ1v) is 14.6. The zero-order valence-corrected chi connectivity index (χ0v) is 24.2. The van der Waals surface area contributed by atoms with Crippen molar-refractivity contribution in [2.75, 3.05) is 31.2 Å². The number of halogens is 4. The zero-order chi connectivity index (χ0) is 31.2. The third kappa shape index (κ3) is 5.95. The third-order valence-electron chi connectivity index (χ3n) is 8.45. The smallest absolute Gasteiger partial charge is 0.490 e. The number of ether oxygens (including phenoxy) is 2. The molecule has 3 heterocycles.